The molecule has 1 unspecified atom stereocenters. The highest BCUT2D eigenvalue weighted by molar-refractivity contribution is 6.07. The highest BCUT2D eigenvalue weighted by atomic mass is 19.3. The molecular formula is C22H16F3N5. The number of aromatic nitrogens is 2. The molecule has 5 rings (SSSR count). The molecule has 4 heterocycles. The lowest BCUT2D eigenvalue weighted by Crippen LogP contribution is -2.50. The van der Waals surface area contributed by atoms with Crippen LogP contribution in [0.5, 0.6) is 0 Å². The first kappa shape index (κ1) is 18.5. The molecule has 0 aliphatic carbocycles. The van der Waals surface area contributed by atoms with Gasteiger partial charge in [0.25, 0.3) is 5.92 Å². The van der Waals surface area contributed by atoms with E-state index in [2.05, 4.69) is 20.0 Å². The first-order valence-electron chi connectivity index (χ1n) is 9.36. The van der Waals surface area contributed by atoms with Crippen LogP contribution in [0.1, 0.15) is 11.1 Å². The van der Waals surface area contributed by atoms with E-state index in [1.807, 2.05) is 6.07 Å². The molecule has 5 nitrogen and oxygen atoms in total. The molecule has 2 aliphatic heterocycles. The van der Waals surface area contributed by atoms with Crippen LogP contribution in [-0.2, 0) is 5.54 Å². The predicted octanol–water partition coefficient (Wildman–Crippen LogP) is 3.92. The Morgan fingerprint density at radius 3 is 2.57 bits per heavy atom. The molecule has 0 amide bonds. The van der Waals surface area contributed by atoms with Crippen molar-refractivity contribution in [3.05, 3.63) is 84.2 Å². The number of aliphatic imine (C=N–C) groups is 2. The largest absolute Gasteiger partial charge is 0.312 e. The highest BCUT2D eigenvalue weighted by Crippen LogP contribution is 2.42. The minimum absolute atomic E-state index is 0.347. The van der Waals surface area contributed by atoms with Crippen LogP contribution in [0.25, 0.3) is 11.1 Å². The molecule has 150 valence electrons. The van der Waals surface area contributed by atoms with Gasteiger partial charge in [-0.05, 0) is 47.0 Å². The molecule has 1 atom stereocenters. The molecule has 0 fully saturated rings. The van der Waals surface area contributed by atoms with E-state index in [4.69, 9.17) is 0 Å². The monoisotopic (exact) mass is 407 g/mol. The van der Waals surface area contributed by atoms with E-state index in [0.717, 1.165) is 5.56 Å². The summed E-state index contributed by atoms with van der Waals surface area (Å²) in [6.07, 6.45) is 6.04. The van der Waals surface area contributed by atoms with E-state index in [9.17, 15) is 13.2 Å². The van der Waals surface area contributed by atoms with Gasteiger partial charge >= 0.3 is 0 Å². The Balaban J connectivity index is 1.71. The third kappa shape index (κ3) is 2.87. The van der Waals surface area contributed by atoms with Gasteiger partial charge in [0.1, 0.15) is 12.4 Å². The van der Waals surface area contributed by atoms with Gasteiger partial charge in [0.05, 0.1) is 12.9 Å². The van der Waals surface area contributed by atoms with Gasteiger partial charge in [0.15, 0.2) is 5.54 Å². The smallest absolute Gasteiger partial charge is 0.284 e. The summed E-state index contributed by atoms with van der Waals surface area (Å²) in [6, 6.07) is 14.1. The van der Waals surface area contributed by atoms with Crippen LogP contribution in [0.15, 0.2) is 77.1 Å². The highest BCUT2D eigenvalue weighted by Gasteiger charge is 2.50. The lowest BCUT2D eigenvalue weighted by Gasteiger charge is -2.35. The number of hydrogen-bond acceptors (Lipinski definition) is 5. The maximum absolute atomic E-state index is 14.3. The van der Waals surface area contributed by atoms with Crippen LogP contribution in [0, 0.1) is 5.95 Å². The second kappa shape index (κ2) is 6.76. The number of pyridine rings is 2. The summed E-state index contributed by atoms with van der Waals surface area (Å²) in [6.45, 7) is -1.09. The Morgan fingerprint density at radius 1 is 0.933 bits per heavy atom. The van der Waals surface area contributed by atoms with Crippen LogP contribution in [0.2, 0.25) is 0 Å². The van der Waals surface area contributed by atoms with Crippen LogP contribution < -0.4 is 0 Å². The summed E-state index contributed by atoms with van der Waals surface area (Å²) >= 11 is 0. The topological polar surface area (TPSA) is 53.7 Å². The zero-order chi connectivity index (χ0) is 20.8. The van der Waals surface area contributed by atoms with Crippen molar-refractivity contribution >= 4 is 12.2 Å². The number of hydrogen-bond donors (Lipinski definition) is 0. The SMILES string of the molecule is Fc1ncccc1-c1cccc(C2(c3ccncc3)N=CN3CC(F)(F)CN=C32)c1. The van der Waals surface area contributed by atoms with Crippen LogP contribution >= 0.6 is 0 Å². The molecule has 0 spiro atoms. The van der Waals surface area contributed by atoms with Crippen molar-refractivity contribution in [2.75, 3.05) is 13.1 Å². The van der Waals surface area contributed by atoms with Gasteiger partial charge in [0.2, 0.25) is 5.95 Å². The lowest BCUT2D eigenvalue weighted by atomic mass is 9.81. The number of nitrogens with zero attached hydrogens (tertiary/aromatic N) is 5. The van der Waals surface area contributed by atoms with E-state index in [-0.39, 0.29) is 0 Å². The average molecular weight is 407 g/mol. The van der Waals surface area contributed by atoms with E-state index in [1.165, 1.54) is 17.4 Å². The molecule has 0 radical (unpaired) electrons. The van der Waals surface area contributed by atoms with Gasteiger partial charge in [-0.3, -0.25) is 15.0 Å². The summed E-state index contributed by atoms with van der Waals surface area (Å²) in [5.74, 6) is -3.09. The number of amidine groups is 1. The van der Waals surface area contributed by atoms with E-state index < -0.39 is 30.5 Å². The van der Waals surface area contributed by atoms with Gasteiger partial charge < -0.3 is 4.90 Å². The van der Waals surface area contributed by atoms with Gasteiger partial charge in [-0.25, -0.2) is 13.8 Å². The van der Waals surface area contributed by atoms with E-state index in [0.29, 0.717) is 22.5 Å². The Labute approximate surface area is 170 Å². The van der Waals surface area contributed by atoms with Crippen molar-refractivity contribution in [2.24, 2.45) is 9.98 Å². The van der Waals surface area contributed by atoms with Crippen LogP contribution in [-0.4, -0.2) is 46.1 Å². The van der Waals surface area contributed by atoms with Gasteiger partial charge in [-0.2, -0.15) is 4.39 Å². The standard InChI is InChI=1S/C22H16F3N5/c23-19-18(5-2-8-27-19)15-3-1-4-17(11-15)22(16-6-9-26-10-7-16)20-28-12-21(24,25)13-30(20)14-29-22/h1-11,14H,12-13H2. The Hall–Kier alpha value is -3.55. The summed E-state index contributed by atoms with van der Waals surface area (Å²) in [4.78, 5) is 18.1. The molecular weight excluding hydrogens is 391 g/mol. The van der Waals surface area contributed by atoms with Gasteiger partial charge in [-0.15, -0.1) is 0 Å². The second-order valence-electron chi connectivity index (χ2n) is 7.24. The van der Waals surface area contributed by atoms with Crippen molar-refractivity contribution in [3.63, 3.8) is 0 Å². The average Bonchev–Trinajstić information content (AvgIpc) is 3.13. The Bertz CT molecular complexity index is 1160. The molecule has 30 heavy (non-hydrogen) atoms. The number of rotatable bonds is 3. The zero-order valence-corrected chi connectivity index (χ0v) is 15.7. The van der Waals surface area contributed by atoms with Crippen LogP contribution in [0.4, 0.5) is 13.2 Å². The Kier molecular flexibility index (Phi) is 4.16. The first-order chi connectivity index (χ1) is 14.5. The predicted molar refractivity (Wildman–Crippen MR) is 107 cm³/mol. The number of alkyl halides is 2. The molecule has 8 heteroatoms. The van der Waals surface area contributed by atoms with Gasteiger partial charge in [-0.1, -0.05) is 18.2 Å². The summed E-state index contributed by atoms with van der Waals surface area (Å²) in [7, 11) is 0. The number of benzene rings is 1. The normalized spacial score (nSPS) is 22.0. The maximum atomic E-state index is 14.3. The molecule has 2 aliphatic rings. The second-order valence-corrected chi connectivity index (χ2v) is 7.24. The minimum Gasteiger partial charge on any atom is -0.312 e. The van der Waals surface area contributed by atoms with Crippen molar-refractivity contribution in [2.45, 2.75) is 11.5 Å². The maximum Gasteiger partial charge on any atom is 0.284 e. The number of fused-ring (bicyclic) bond motifs is 1. The van der Waals surface area contributed by atoms with Crippen molar-refractivity contribution in [3.8, 4) is 11.1 Å². The molecule has 0 saturated heterocycles. The van der Waals surface area contributed by atoms with Gasteiger partial charge in [0, 0.05) is 24.2 Å². The molecule has 3 aromatic rings. The lowest BCUT2D eigenvalue weighted by molar-refractivity contribution is -0.00351. The third-order valence-corrected chi connectivity index (χ3v) is 5.30. The molecule has 0 bridgehead atoms. The Morgan fingerprint density at radius 2 is 1.77 bits per heavy atom. The number of halogens is 3. The summed E-state index contributed by atoms with van der Waals surface area (Å²) in [5.41, 5.74) is 1.28. The van der Waals surface area contributed by atoms with Crippen molar-refractivity contribution in [1.29, 1.82) is 0 Å². The first-order valence-corrected chi connectivity index (χ1v) is 9.36. The fraction of sp³-hybridized carbons (Fsp3) is 0.182. The minimum atomic E-state index is -2.93. The molecule has 0 saturated carbocycles. The van der Waals surface area contributed by atoms with Crippen molar-refractivity contribution < 1.29 is 13.2 Å². The molecule has 2 aromatic heterocycles. The molecule has 0 N–H and O–H groups in total. The fourth-order valence-corrected chi connectivity index (χ4v) is 3.97. The fourth-order valence-electron chi connectivity index (χ4n) is 3.97. The van der Waals surface area contributed by atoms with Crippen molar-refractivity contribution in [1.82, 2.24) is 14.9 Å². The van der Waals surface area contributed by atoms with E-state index in [1.54, 1.807) is 54.9 Å². The third-order valence-electron chi connectivity index (χ3n) is 5.30. The van der Waals surface area contributed by atoms with E-state index >= 15 is 0 Å². The molecule has 1 aromatic carbocycles. The quantitative estimate of drug-likeness (QED) is 0.619. The van der Waals surface area contributed by atoms with Crippen LogP contribution in [0.3, 0.4) is 0 Å². The summed E-state index contributed by atoms with van der Waals surface area (Å²) < 4.78 is 42.2. The summed E-state index contributed by atoms with van der Waals surface area (Å²) in [5, 5.41) is 0. The zero-order valence-electron chi connectivity index (χ0n) is 15.7.